The predicted molar refractivity (Wildman–Crippen MR) is 208 cm³/mol. The maximum absolute atomic E-state index is 14.6. The van der Waals surface area contributed by atoms with Gasteiger partial charge in [-0.1, -0.05) is 53.5 Å². The predicted octanol–water partition coefficient (Wildman–Crippen LogP) is 6.59. The Morgan fingerprint density at radius 1 is 1.00 bits per heavy atom. The van der Waals surface area contributed by atoms with Crippen LogP contribution in [0.25, 0.3) is 33.3 Å². The fourth-order valence-corrected chi connectivity index (χ4v) is 8.88. The number of likely N-dealkylation sites (tertiary alicyclic amines) is 1. The summed E-state index contributed by atoms with van der Waals surface area (Å²) in [6.45, 7) is 3.66. The fourth-order valence-electron chi connectivity index (χ4n) is 8.29. The van der Waals surface area contributed by atoms with Crippen LogP contribution < -0.4 is 31.9 Å². The number of halogens is 3. The number of rotatable bonds is 7. The van der Waals surface area contributed by atoms with Gasteiger partial charge >= 0.3 is 11.7 Å². The molecule has 0 saturated carbocycles. The van der Waals surface area contributed by atoms with Gasteiger partial charge in [0.1, 0.15) is 17.4 Å². The highest BCUT2D eigenvalue weighted by Crippen LogP contribution is 2.47. The van der Waals surface area contributed by atoms with Crippen LogP contribution in [-0.2, 0) is 20.5 Å². The Morgan fingerprint density at radius 3 is 2.48 bits per heavy atom. The van der Waals surface area contributed by atoms with Crippen molar-refractivity contribution < 1.29 is 13.9 Å². The largest absolute Gasteiger partial charge is 0.481 e. The molecule has 15 heteroatoms. The molecule has 1 unspecified atom stereocenters. The Labute approximate surface area is 320 Å². The van der Waals surface area contributed by atoms with E-state index in [-0.39, 0.29) is 40.0 Å². The molecule has 2 amide bonds. The number of carbonyl (C=O) groups excluding carboxylic acids is 1. The number of benzene rings is 2. The number of nitrogens with zero attached hydrogens (tertiary/aromatic N) is 5. The van der Waals surface area contributed by atoms with Gasteiger partial charge in [-0.3, -0.25) is 18.8 Å². The van der Waals surface area contributed by atoms with Crippen LogP contribution in [0.1, 0.15) is 55.2 Å². The molecular weight excluding hydrogens is 734 g/mol. The van der Waals surface area contributed by atoms with Gasteiger partial charge < -0.3 is 20.7 Å². The van der Waals surface area contributed by atoms with Crippen molar-refractivity contribution in [2.24, 2.45) is 14.1 Å². The van der Waals surface area contributed by atoms with Crippen molar-refractivity contribution in [2.45, 2.75) is 50.4 Å². The number of hydrogen-bond acceptors (Lipinski definition) is 8. The molecule has 5 aromatic rings. The zero-order valence-electron chi connectivity index (χ0n) is 30.2. The summed E-state index contributed by atoms with van der Waals surface area (Å²) in [7, 11) is 4.53. The average molecular weight is 774 g/mol. The van der Waals surface area contributed by atoms with Crippen LogP contribution in [-0.4, -0.2) is 62.3 Å². The van der Waals surface area contributed by atoms with Crippen molar-refractivity contribution in [1.29, 1.82) is 0 Å². The lowest BCUT2D eigenvalue weighted by Gasteiger charge is -2.36. The highest BCUT2D eigenvalue weighted by Gasteiger charge is 2.45. The Morgan fingerprint density at radius 2 is 1.74 bits per heavy atom. The smallest absolute Gasteiger partial charge is 0.330 e. The third-order valence-corrected chi connectivity index (χ3v) is 11.9. The molecule has 8 rings (SSSR count). The highest BCUT2D eigenvalue weighted by atomic mass is 35.5. The second-order valence-electron chi connectivity index (χ2n) is 14.3. The van der Waals surface area contributed by atoms with Crippen molar-refractivity contribution in [3.05, 3.63) is 96.2 Å². The van der Waals surface area contributed by atoms with Gasteiger partial charge in [0.15, 0.2) is 0 Å². The maximum Gasteiger partial charge on any atom is 0.330 e. The third kappa shape index (κ3) is 5.98. The summed E-state index contributed by atoms with van der Waals surface area (Å²) in [5.41, 5.74) is 4.22. The SMILES string of the molecule is COc1nc(-c2cccc(-c3cccc(Nc4nc(C(C)F)cc5c4c(=O)n(C)c(=O)n5C)c3Cl)c2Cl)cc2c1[C@@H](N1CC[C@]3(CCNC(=O)N3)C1)CC2. The lowest BCUT2D eigenvalue weighted by Crippen LogP contribution is -2.59. The summed E-state index contributed by atoms with van der Waals surface area (Å²) < 4.78 is 22.8. The summed E-state index contributed by atoms with van der Waals surface area (Å²) in [5, 5.41) is 10.1. The van der Waals surface area contributed by atoms with Gasteiger partial charge in [-0.25, -0.2) is 23.9 Å². The van der Waals surface area contributed by atoms with Gasteiger partial charge in [-0.05, 0) is 56.4 Å². The van der Waals surface area contributed by atoms with E-state index in [1.54, 1.807) is 19.2 Å². The van der Waals surface area contributed by atoms with Gasteiger partial charge in [0.05, 0.1) is 45.3 Å². The molecule has 0 radical (unpaired) electrons. The molecule has 2 aromatic carbocycles. The van der Waals surface area contributed by atoms with Crippen molar-refractivity contribution in [1.82, 2.24) is 34.6 Å². The second kappa shape index (κ2) is 13.7. The fraction of sp³-hybridized carbons (Fsp3) is 0.359. The molecule has 2 saturated heterocycles. The first-order valence-corrected chi connectivity index (χ1v) is 18.6. The van der Waals surface area contributed by atoms with Gasteiger partial charge in [0.2, 0.25) is 5.88 Å². The Balaban J connectivity index is 1.14. The lowest BCUT2D eigenvalue weighted by molar-refractivity contribution is 0.187. The summed E-state index contributed by atoms with van der Waals surface area (Å²) >= 11 is 14.3. The number of anilines is 2. The van der Waals surface area contributed by atoms with E-state index >= 15 is 0 Å². The number of alkyl halides is 1. The summed E-state index contributed by atoms with van der Waals surface area (Å²) in [6, 6.07) is 14.5. The first-order valence-electron chi connectivity index (χ1n) is 17.9. The van der Waals surface area contributed by atoms with Crippen LogP contribution in [0, 0.1) is 0 Å². The van der Waals surface area contributed by atoms with Crippen LogP contribution in [0.5, 0.6) is 5.88 Å². The highest BCUT2D eigenvalue weighted by molar-refractivity contribution is 6.39. The molecule has 3 aliphatic rings. The third-order valence-electron chi connectivity index (χ3n) is 11.1. The number of fused-ring (bicyclic) bond motifs is 2. The zero-order chi connectivity index (χ0) is 38.1. The minimum absolute atomic E-state index is 0.0551. The van der Waals surface area contributed by atoms with Crippen molar-refractivity contribution in [3.8, 4) is 28.3 Å². The molecule has 2 fully saturated rings. The normalized spacial score (nSPS) is 20.2. The number of urea groups is 1. The number of aromatic nitrogens is 4. The number of pyridine rings is 2. The monoisotopic (exact) mass is 772 g/mol. The summed E-state index contributed by atoms with van der Waals surface area (Å²) in [4.78, 5) is 50.1. The topological polar surface area (TPSA) is 135 Å². The van der Waals surface area contributed by atoms with Crippen LogP contribution in [0.3, 0.4) is 0 Å². The van der Waals surface area contributed by atoms with E-state index in [0.29, 0.717) is 50.5 Å². The molecule has 1 aliphatic carbocycles. The molecule has 280 valence electrons. The Hall–Kier alpha value is -4.98. The van der Waals surface area contributed by atoms with Crippen molar-refractivity contribution in [3.63, 3.8) is 0 Å². The molecule has 0 bridgehead atoms. The number of nitrogens with one attached hydrogen (secondary N) is 3. The quantitative estimate of drug-likeness (QED) is 0.169. The van der Waals surface area contributed by atoms with E-state index in [4.69, 9.17) is 32.9 Å². The maximum atomic E-state index is 14.6. The van der Waals surface area contributed by atoms with E-state index in [2.05, 4.69) is 31.9 Å². The molecule has 3 N–H and O–H groups in total. The van der Waals surface area contributed by atoms with E-state index in [1.807, 2.05) is 24.3 Å². The molecule has 54 heavy (non-hydrogen) atoms. The van der Waals surface area contributed by atoms with Crippen LogP contribution >= 0.6 is 23.2 Å². The molecule has 3 atom stereocenters. The molecular formula is C39H39Cl2FN8O4. The van der Waals surface area contributed by atoms with E-state index in [9.17, 15) is 18.8 Å². The standard InChI is InChI=1S/C39H39Cl2FN8O4/c1-20(42)26-18-29-31(36(51)49(3)38(53)48(29)2)34(45-26)44-25-10-6-8-23(33(25)41)22-7-5-9-24(32(22)40)27-17-21-11-12-28(30(21)35(46-27)54-4)50-16-14-39(19-50)13-15-43-37(52)47-39/h5-10,17-18,20,28H,11-16,19H2,1-4H3,(H,44,45)(H2,43,47,52)/t20?,28-,39+/m0/s1. The molecule has 2 aliphatic heterocycles. The zero-order valence-corrected chi connectivity index (χ0v) is 31.7. The van der Waals surface area contributed by atoms with Crippen LogP contribution in [0.2, 0.25) is 10.0 Å². The Kier molecular flexibility index (Phi) is 9.14. The lowest BCUT2D eigenvalue weighted by atomic mass is 9.93. The molecule has 12 nitrogen and oxygen atoms in total. The van der Waals surface area contributed by atoms with Crippen LogP contribution in [0.15, 0.2) is 58.1 Å². The van der Waals surface area contributed by atoms with Gasteiger partial charge in [-0.15, -0.1) is 0 Å². The second-order valence-corrected chi connectivity index (χ2v) is 15.1. The van der Waals surface area contributed by atoms with Crippen LogP contribution in [0.4, 0.5) is 20.7 Å². The number of aryl methyl sites for hydroxylation is 2. The molecule has 5 heterocycles. The number of carbonyl (C=O) groups is 1. The first kappa shape index (κ1) is 36.0. The van der Waals surface area contributed by atoms with Crippen molar-refractivity contribution in [2.75, 3.05) is 32.1 Å². The number of hydrogen-bond donors (Lipinski definition) is 3. The molecule has 1 spiro atoms. The van der Waals surface area contributed by atoms with E-state index in [0.717, 1.165) is 54.5 Å². The Bertz CT molecular complexity index is 2490. The van der Waals surface area contributed by atoms with Crippen molar-refractivity contribution >= 4 is 51.6 Å². The van der Waals surface area contributed by atoms with Gasteiger partial charge in [0.25, 0.3) is 5.56 Å². The molecule has 3 aromatic heterocycles. The van der Waals surface area contributed by atoms with Gasteiger partial charge in [-0.2, -0.15) is 0 Å². The summed E-state index contributed by atoms with van der Waals surface area (Å²) in [6.07, 6.45) is 2.09. The average Bonchev–Trinajstić information content (AvgIpc) is 3.77. The minimum atomic E-state index is -1.47. The number of amides is 2. The number of ether oxygens (including phenoxy) is 1. The first-order chi connectivity index (χ1) is 25.9. The van der Waals surface area contributed by atoms with E-state index in [1.165, 1.54) is 31.7 Å². The summed E-state index contributed by atoms with van der Waals surface area (Å²) in [5.74, 6) is 0.624. The van der Waals surface area contributed by atoms with Gasteiger partial charge in [0, 0.05) is 62.0 Å². The number of methoxy groups -OCH3 is 1. The van der Waals surface area contributed by atoms with E-state index < -0.39 is 17.4 Å². The minimum Gasteiger partial charge on any atom is -0.481 e.